The number of rotatable bonds is 2. The number of carboxylic acids is 1. The van der Waals surface area contributed by atoms with E-state index in [-0.39, 0.29) is 5.56 Å². The summed E-state index contributed by atoms with van der Waals surface area (Å²) in [4.78, 5) is 15.4. The fourth-order valence-corrected chi connectivity index (χ4v) is 2.24. The number of hydrogen-bond acceptors (Lipinski definition) is 3. The molecule has 5 heteroatoms. The molecule has 1 atom stereocenters. The summed E-state index contributed by atoms with van der Waals surface area (Å²) in [6.07, 6.45) is 4.63. The highest BCUT2D eigenvalue weighted by atomic mass is 16.4. The Labute approximate surface area is 98.1 Å². The predicted molar refractivity (Wildman–Crippen MR) is 62.4 cm³/mol. The number of carbonyl (C=O) groups is 1. The monoisotopic (exact) mass is 231 g/mol. The molecule has 0 amide bonds. The van der Waals surface area contributed by atoms with Crippen LogP contribution in [0.4, 0.5) is 0 Å². The maximum Gasteiger partial charge on any atom is 0.337 e. The Morgan fingerprint density at radius 2 is 2.35 bits per heavy atom. The summed E-state index contributed by atoms with van der Waals surface area (Å²) < 4.78 is 1.79. The number of hydrogen-bond donors (Lipinski definition) is 2. The molecule has 0 spiro atoms. The highest BCUT2D eigenvalue weighted by Crippen LogP contribution is 2.22. The summed E-state index contributed by atoms with van der Waals surface area (Å²) in [7, 11) is 0. The molecular formula is C12H13N3O2. The number of nitrogens with one attached hydrogen (secondary N) is 1. The van der Waals surface area contributed by atoms with Gasteiger partial charge in [0, 0.05) is 24.9 Å². The number of aromatic carboxylic acids is 1. The minimum atomic E-state index is -0.912. The van der Waals surface area contributed by atoms with E-state index in [0.29, 0.717) is 5.92 Å². The van der Waals surface area contributed by atoms with Gasteiger partial charge < -0.3 is 14.8 Å². The molecule has 3 heterocycles. The van der Waals surface area contributed by atoms with Crippen molar-refractivity contribution in [2.24, 2.45) is 0 Å². The molecule has 1 saturated heterocycles. The summed E-state index contributed by atoms with van der Waals surface area (Å²) in [5.41, 5.74) is 2.13. The van der Waals surface area contributed by atoms with E-state index in [1.54, 1.807) is 22.7 Å². The molecular weight excluding hydrogens is 218 g/mol. The molecule has 1 fully saturated rings. The quantitative estimate of drug-likeness (QED) is 0.812. The zero-order valence-electron chi connectivity index (χ0n) is 9.26. The van der Waals surface area contributed by atoms with Crippen molar-refractivity contribution in [3.8, 4) is 0 Å². The highest BCUT2D eigenvalue weighted by molar-refractivity contribution is 5.87. The fourth-order valence-electron chi connectivity index (χ4n) is 2.24. The van der Waals surface area contributed by atoms with E-state index in [2.05, 4.69) is 10.3 Å². The van der Waals surface area contributed by atoms with E-state index >= 15 is 0 Å². The summed E-state index contributed by atoms with van der Waals surface area (Å²) in [5.74, 6) is -0.465. The number of fused-ring (bicyclic) bond motifs is 1. The van der Waals surface area contributed by atoms with Crippen molar-refractivity contribution in [1.29, 1.82) is 0 Å². The van der Waals surface area contributed by atoms with E-state index in [1.807, 2.05) is 6.20 Å². The van der Waals surface area contributed by atoms with Crippen LogP contribution in [0.5, 0.6) is 0 Å². The van der Waals surface area contributed by atoms with Crippen LogP contribution in [0, 0.1) is 0 Å². The van der Waals surface area contributed by atoms with Crippen LogP contribution < -0.4 is 5.32 Å². The predicted octanol–water partition coefficient (Wildman–Crippen LogP) is 1.11. The second kappa shape index (κ2) is 3.85. The Kier molecular flexibility index (Phi) is 2.33. The van der Waals surface area contributed by atoms with Crippen LogP contribution in [0.2, 0.25) is 0 Å². The maximum absolute atomic E-state index is 10.9. The van der Waals surface area contributed by atoms with Gasteiger partial charge in [-0.25, -0.2) is 9.78 Å². The van der Waals surface area contributed by atoms with Crippen molar-refractivity contribution in [3.63, 3.8) is 0 Å². The number of pyridine rings is 1. The van der Waals surface area contributed by atoms with Gasteiger partial charge in [0.15, 0.2) is 0 Å². The lowest BCUT2D eigenvalue weighted by Gasteiger charge is -2.01. The Morgan fingerprint density at radius 1 is 1.47 bits per heavy atom. The van der Waals surface area contributed by atoms with Crippen molar-refractivity contribution < 1.29 is 9.90 Å². The van der Waals surface area contributed by atoms with Crippen molar-refractivity contribution in [2.45, 2.75) is 12.3 Å². The van der Waals surface area contributed by atoms with Gasteiger partial charge in [-0.1, -0.05) is 0 Å². The molecule has 0 aliphatic carbocycles. The first kappa shape index (κ1) is 10.3. The van der Waals surface area contributed by atoms with E-state index < -0.39 is 5.97 Å². The van der Waals surface area contributed by atoms with Gasteiger partial charge in [0.1, 0.15) is 5.65 Å². The normalized spacial score (nSPS) is 19.9. The lowest BCUT2D eigenvalue weighted by Crippen LogP contribution is -2.07. The smallest absolute Gasteiger partial charge is 0.337 e. The van der Waals surface area contributed by atoms with E-state index in [1.165, 1.54) is 0 Å². The van der Waals surface area contributed by atoms with Crippen LogP contribution in [0.15, 0.2) is 24.5 Å². The molecule has 0 radical (unpaired) electrons. The molecule has 2 aromatic heterocycles. The Hall–Kier alpha value is -1.88. The lowest BCUT2D eigenvalue weighted by atomic mass is 10.1. The zero-order valence-corrected chi connectivity index (χ0v) is 9.26. The van der Waals surface area contributed by atoms with Crippen molar-refractivity contribution >= 4 is 11.6 Å². The molecule has 1 aliphatic rings. The van der Waals surface area contributed by atoms with E-state index in [9.17, 15) is 4.79 Å². The van der Waals surface area contributed by atoms with Gasteiger partial charge >= 0.3 is 5.97 Å². The van der Waals surface area contributed by atoms with E-state index in [4.69, 9.17) is 5.11 Å². The second-order valence-corrected chi connectivity index (χ2v) is 4.34. The van der Waals surface area contributed by atoms with Crippen LogP contribution in [0.1, 0.15) is 28.4 Å². The largest absolute Gasteiger partial charge is 0.478 e. The minimum Gasteiger partial charge on any atom is -0.478 e. The van der Waals surface area contributed by atoms with Gasteiger partial charge in [-0.15, -0.1) is 0 Å². The first-order chi connectivity index (χ1) is 8.24. The first-order valence-electron chi connectivity index (χ1n) is 5.67. The van der Waals surface area contributed by atoms with Gasteiger partial charge in [-0.05, 0) is 25.1 Å². The second-order valence-electron chi connectivity index (χ2n) is 4.34. The summed E-state index contributed by atoms with van der Waals surface area (Å²) in [5, 5.41) is 12.2. The molecule has 0 aromatic carbocycles. The van der Waals surface area contributed by atoms with Crippen LogP contribution in [-0.4, -0.2) is 33.6 Å². The molecule has 5 nitrogen and oxygen atoms in total. The molecule has 3 rings (SSSR count). The molecule has 17 heavy (non-hydrogen) atoms. The molecule has 1 unspecified atom stereocenters. The van der Waals surface area contributed by atoms with E-state index in [0.717, 1.165) is 30.9 Å². The maximum atomic E-state index is 10.9. The zero-order chi connectivity index (χ0) is 11.8. The Balaban J connectivity index is 2.03. The standard InChI is InChI=1S/C12H13N3O2/c16-12(17)9-1-2-11-14-10(7-15(11)6-9)8-3-4-13-5-8/h1-2,6-8,13H,3-5H2,(H,16,17). The summed E-state index contributed by atoms with van der Waals surface area (Å²) in [6, 6.07) is 3.33. The topological polar surface area (TPSA) is 66.6 Å². The molecule has 0 bridgehead atoms. The third-order valence-corrected chi connectivity index (χ3v) is 3.20. The Bertz CT molecular complexity index is 570. The van der Waals surface area contributed by atoms with Crippen LogP contribution in [-0.2, 0) is 0 Å². The fraction of sp³-hybridized carbons (Fsp3) is 0.333. The summed E-state index contributed by atoms with van der Waals surface area (Å²) in [6.45, 7) is 1.98. The SMILES string of the molecule is O=C(O)c1ccc2nc(C3CCNC3)cn2c1. The minimum absolute atomic E-state index is 0.283. The molecule has 1 aliphatic heterocycles. The molecule has 2 aromatic rings. The van der Waals surface area contributed by atoms with Gasteiger partial charge in [-0.3, -0.25) is 0 Å². The number of imidazole rings is 1. The number of nitrogens with zero attached hydrogens (tertiary/aromatic N) is 2. The third-order valence-electron chi connectivity index (χ3n) is 3.20. The van der Waals surface area contributed by atoms with Crippen LogP contribution >= 0.6 is 0 Å². The van der Waals surface area contributed by atoms with Crippen molar-refractivity contribution in [2.75, 3.05) is 13.1 Å². The van der Waals surface area contributed by atoms with Gasteiger partial charge in [0.25, 0.3) is 0 Å². The van der Waals surface area contributed by atoms with Gasteiger partial charge in [0.05, 0.1) is 11.3 Å². The third kappa shape index (κ3) is 1.78. The van der Waals surface area contributed by atoms with Crippen LogP contribution in [0.3, 0.4) is 0 Å². The molecule has 2 N–H and O–H groups in total. The van der Waals surface area contributed by atoms with Crippen LogP contribution in [0.25, 0.3) is 5.65 Å². The lowest BCUT2D eigenvalue weighted by molar-refractivity contribution is 0.0696. The van der Waals surface area contributed by atoms with Crippen molar-refractivity contribution in [1.82, 2.24) is 14.7 Å². The Morgan fingerprint density at radius 3 is 3.06 bits per heavy atom. The molecule has 88 valence electrons. The molecule has 0 saturated carbocycles. The first-order valence-corrected chi connectivity index (χ1v) is 5.67. The van der Waals surface area contributed by atoms with Crippen molar-refractivity contribution in [3.05, 3.63) is 35.8 Å². The number of carboxylic acid groups (broad SMARTS) is 1. The highest BCUT2D eigenvalue weighted by Gasteiger charge is 2.19. The average molecular weight is 231 g/mol. The van der Waals surface area contributed by atoms with Gasteiger partial charge in [0.2, 0.25) is 0 Å². The summed E-state index contributed by atoms with van der Waals surface area (Å²) >= 11 is 0. The average Bonchev–Trinajstić information content (AvgIpc) is 2.96. The van der Waals surface area contributed by atoms with Gasteiger partial charge in [-0.2, -0.15) is 0 Å². The number of aromatic nitrogens is 2.